The van der Waals surface area contributed by atoms with Crippen LogP contribution in [0.3, 0.4) is 0 Å². The molecule has 3 fully saturated rings. The Bertz CT molecular complexity index is 536. The quantitative estimate of drug-likeness (QED) is 0.486. The smallest absolute Gasteiger partial charge is 0.302 e. The molecule has 0 unspecified atom stereocenters. The molecule has 0 heterocycles. The Kier molecular flexibility index (Phi) is 3.66. The van der Waals surface area contributed by atoms with Gasteiger partial charge in [0.15, 0.2) is 0 Å². The molecule has 4 aliphatic rings. The highest BCUT2D eigenvalue weighted by atomic mass is 16.5. The van der Waals surface area contributed by atoms with Crippen LogP contribution >= 0.6 is 0 Å². The van der Waals surface area contributed by atoms with Crippen LogP contribution < -0.4 is 0 Å². The molecular weight excluding hydrogens is 284 g/mol. The molecule has 0 bridgehead atoms. The maximum Gasteiger partial charge on any atom is 0.302 e. The zero-order valence-corrected chi connectivity index (χ0v) is 15.1. The van der Waals surface area contributed by atoms with Crippen LogP contribution in [0.1, 0.15) is 78.6 Å². The van der Waals surface area contributed by atoms with Crippen molar-refractivity contribution in [1.82, 2.24) is 0 Å². The molecule has 0 radical (unpaired) electrons. The Morgan fingerprint density at radius 3 is 2.74 bits per heavy atom. The SMILES string of the molecule is CC(=O)O[C@H]1CC[C@@H]2[C@H]3CC=C4CCCC[C@]4(C)[C@@H]3CC[C@]12C. The van der Waals surface area contributed by atoms with Crippen molar-refractivity contribution in [3.8, 4) is 0 Å². The van der Waals surface area contributed by atoms with Gasteiger partial charge in [-0.15, -0.1) is 0 Å². The van der Waals surface area contributed by atoms with E-state index in [4.69, 9.17) is 4.74 Å². The summed E-state index contributed by atoms with van der Waals surface area (Å²) in [5.41, 5.74) is 2.48. The fourth-order valence-electron chi connectivity index (χ4n) is 7.04. The first-order valence-electron chi connectivity index (χ1n) is 9.82. The lowest BCUT2D eigenvalue weighted by Gasteiger charge is -2.57. The Labute approximate surface area is 141 Å². The number of hydrogen-bond donors (Lipinski definition) is 0. The van der Waals surface area contributed by atoms with Crippen LogP contribution in [0.25, 0.3) is 0 Å². The zero-order chi connectivity index (χ0) is 16.2. The summed E-state index contributed by atoms with van der Waals surface area (Å²) in [7, 11) is 0. The number of fused-ring (bicyclic) bond motifs is 5. The van der Waals surface area contributed by atoms with Gasteiger partial charge in [-0.25, -0.2) is 0 Å². The lowest BCUT2D eigenvalue weighted by molar-refractivity contribution is -0.156. The third-order valence-corrected chi connectivity index (χ3v) is 8.24. The molecule has 128 valence electrons. The van der Waals surface area contributed by atoms with Crippen molar-refractivity contribution in [3.63, 3.8) is 0 Å². The van der Waals surface area contributed by atoms with E-state index in [1.165, 1.54) is 51.4 Å². The number of esters is 1. The lowest BCUT2D eigenvalue weighted by Crippen LogP contribution is -2.50. The van der Waals surface area contributed by atoms with E-state index in [2.05, 4.69) is 19.9 Å². The molecule has 2 heteroatoms. The van der Waals surface area contributed by atoms with E-state index in [1.54, 1.807) is 12.5 Å². The molecule has 4 aliphatic carbocycles. The van der Waals surface area contributed by atoms with Gasteiger partial charge in [-0.05, 0) is 74.5 Å². The van der Waals surface area contributed by atoms with Gasteiger partial charge < -0.3 is 4.74 Å². The monoisotopic (exact) mass is 316 g/mol. The van der Waals surface area contributed by atoms with Gasteiger partial charge in [0.05, 0.1) is 0 Å². The van der Waals surface area contributed by atoms with Gasteiger partial charge >= 0.3 is 5.97 Å². The molecule has 0 N–H and O–H groups in total. The Morgan fingerprint density at radius 1 is 1.13 bits per heavy atom. The molecule has 23 heavy (non-hydrogen) atoms. The van der Waals surface area contributed by atoms with Crippen molar-refractivity contribution in [1.29, 1.82) is 0 Å². The van der Waals surface area contributed by atoms with E-state index in [1.807, 2.05) is 0 Å². The van der Waals surface area contributed by atoms with Gasteiger partial charge in [0.1, 0.15) is 6.10 Å². The number of allylic oxidation sites excluding steroid dienone is 2. The summed E-state index contributed by atoms with van der Waals surface area (Å²) in [6.07, 6.45) is 14.5. The number of carbonyl (C=O) groups excluding carboxylic acids is 1. The predicted octanol–water partition coefficient (Wildman–Crippen LogP) is 5.27. The summed E-state index contributed by atoms with van der Waals surface area (Å²) in [5.74, 6) is 2.35. The Balaban J connectivity index is 1.62. The van der Waals surface area contributed by atoms with Crippen LogP contribution in [-0.2, 0) is 9.53 Å². The lowest BCUT2D eigenvalue weighted by atomic mass is 9.48. The highest BCUT2D eigenvalue weighted by Crippen LogP contribution is 2.65. The van der Waals surface area contributed by atoms with Crippen molar-refractivity contribution >= 4 is 5.97 Å². The van der Waals surface area contributed by atoms with Crippen LogP contribution in [0, 0.1) is 28.6 Å². The summed E-state index contributed by atoms with van der Waals surface area (Å²) < 4.78 is 5.74. The largest absolute Gasteiger partial charge is 0.462 e. The highest BCUT2D eigenvalue weighted by Gasteiger charge is 2.59. The van der Waals surface area contributed by atoms with Crippen LogP contribution in [0.5, 0.6) is 0 Å². The minimum absolute atomic E-state index is 0.0935. The van der Waals surface area contributed by atoms with E-state index in [0.717, 1.165) is 24.2 Å². The first kappa shape index (κ1) is 15.7. The maximum absolute atomic E-state index is 11.5. The Morgan fingerprint density at radius 2 is 1.96 bits per heavy atom. The minimum Gasteiger partial charge on any atom is -0.462 e. The van der Waals surface area contributed by atoms with Gasteiger partial charge in [-0.3, -0.25) is 4.79 Å². The molecule has 0 aromatic rings. The van der Waals surface area contributed by atoms with Crippen molar-refractivity contribution in [2.24, 2.45) is 28.6 Å². The summed E-state index contributed by atoms with van der Waals surface area (Å²) in [4.78, 5) is 11.5. The molecule has 0 saturated heterocycles. The van der Waals surface area contributed by atoms with Crippen LogP contribution in [0.2, 0.25) is 0 Å². The van der Waals surface area contributed by atoms with E-state index in [-0.39, 0.29) is 17.5 Å². The third kappa shape index (κ3) is 2.23. The maximum atomic E-state index is 11.5. The molecule has 6 atom stereocenters. The molecule has 0 amide bonds. The van der Waals surface area contributed by atoms with Gasteiger partial charge in [0, 0.05) is 12.3 Å². The first-order chi connectivity index (χ1) is 10.9. The third-order valence-electron chi connectivity index (χ3n) is 8.24. The molecule has 4 rings (SSSR count). The van der Waals surface area contributed by atoms with Crippen LogP contribution in [0.15, 0.2) is 11.6 Å². The number of carbonyl (C=O) groups is 1. The summed E-state index contributed by atoms with van der Waals surface area (Å²) in [6.45, 7) is 6.55. The summed E-state index contributed by atoms with van der Waals surface area (Å²) >= 11 is 0. The number of ether oxygens (including phenoxy) is 1. The standard InChI is InChI=1S/C21H32O2/c1-14(22)23-19-10-9-17-16-8-7-15-6-4-5-12-20(15,2)18(16)11-13-21(17,19)3/h7,16-19H,4-6,8-13H2,1-3H3/t16-,17-,18-,19+,20+,21+/m1/s1. The second-order valence-corrected chi connectivity index (χ2v) is 9.19. The normalized spacial score (nSPS) is 48.7. The molecule has 2 nitrogen and oxygen atoms in total. The average molecular weight is 316 g/mol. The fourth-order valence-corrected chi connectivity index (χ4v) is 7.04. The van der Waals surface area contributed by atoms with Crippen molar-refractivity contribution in [3.05, 3.63) is 11.6 Å². The second-order valence-electron chi connectivity index (χ2n) is 9.19. The zero-order valence-electron chi connectivity index (χ0n) is 15.1. The van der Waals surface area contributed by atoms with E-state index in [0.29, 0.717) is 5.41 Å². The predicted molar refractivity (Wildman–Crippen MR) is 91.9 cm³/mol. The van der Waals surface area contributed by atoms with E-state index >= 15 is 0 Å². The van der Waals surface area contributed by atoms with Gasteiger partial charge in [0.2, 0.25) is 0 Å². The first-order valence-corrected chi connectivity index (χ1v) is 9.82. The topological polar surface area (TPSA) is 26.3 Å². The minimum atomic E-state index is -0.0935. The molecule has 0 aromatic carbocycles. The fraction of sp³-hybridized carbons (Fsp3) is 0.857. The van der Waals surface area contributed by atoms with Crippen LogP contribution in [0.4, 0.5) is 0 Å². The molecular formula is C21H32O2. The summed E-state index contributed by atoms with van der Waals surface area (Å²) in [6, 6.07) is 0. The van der Waals surface area contributed by atoms with Gasteiger partial charge in [-0.2, -0.15) is 0 Å². The number of hydrogen-bond acceptors (Lipinski definition) is 2. The van der Waals surface area contributed by atoms with Crippen LogP contribution in [-0.4, -0.2) is 12.1 Å². The molecule has 3 saturated carbocycles. The molecule has 0 aliphatic heterocycles. The van der Waals surface area contributed by atoms with Crippen molar-refractivity contribution < 1.29 is 9.53 Å². The van der Waals surface area contributed by atoms with E-state index in [9.17, 15) is 4.79 Å². The molecule has 0 spiro atoms. The second kappa shape index (κ2) is 5.36. The number of rotatable bonds is 1. The summed E-state index contributed by atoms with van der Waals surface area (Å²) in [5, 5.41) is 0. The van der Waals surface area contributed by atoms with E-state index < -0.39 is 0 Å². The van der Waals surface area contributed by atoms with Gasteiger partial charge in [0.25, 0.3) is 0 Å². The van der Waals surface area contributed by atoms with Gasteiger partial charge in [-0.1, -0.05) is 31.9 Å². The Hall–Kier alpha value is -0.790. The van der Waals surface area contributed by atoms with Crippen molar-refractivity contribution in [2.75, 3.05) is 0 Å². The van der Waals surface area contributed by atoms with Crippen molar-refractivity contribution in [2.45, 2.75) is 84.7 Å². The average Bonchev–Trinajstić information content (AvgIpc) is 2.83. The molecule has 0 aromatic heterocycles. The highest BCUT2D eigenvalue weighted by molar-refractivity contribution is 5.66.